The van der Waals surface area contributed by atoms with Gasteiger partial charge in [-0.2, -0.15) is 4.31 Å². The van der Waals surface area contributed by atoms with E-state index in [-0.39, 0.29) is 18.4 Å². The summed E-state index contributed by atoms with van der Waals surface area (Å²) in [6.07, 6.45) is 0. The Hall–Kier alpha value is -1.97. The molecule has 1 atom stereocenters. The second kappa shape index (κ2) is 9.29. The summed E-state index contributed by atoms with van der Waals surface area (Å²) in [5.41, 5.74) is 1.01. The molecular weight excluding hydrogens is 368 g/mol. The molecule has 27 heavy (non-hydrogen) atoms. The van der Waals surface area contributed by atoms with E-state index in [1.165, 1.54) is 4.31 Å². The zero-order valence-corrected chi connectivity index (χ0v) is 16.9. The summed E-state index contributed by atoms with van der Waals surface area (Å²) in [5, 5.41) is 5.34. The predicted octanol–water partition coefficient (Wildman–Crippen LogP) is -1.47. The minimum atomic E-state index is -3.50. The van der Waals surface area contributed by atoms with Crippen LogP contribution in [0.25, 0.3) is 0 Å². The van der Waals surface area contributed by atoms with Crippen LogP contribution >= 0.6 is 0 Å². The molecule has 0 saturated carbocycles. The van der Waals surface area contributed by atoms with E-state index < -0.39 is 16.1 Å². The van der Waals surface area contributed by atoms with Gasteiger partial charge in [0.1, 0.15) is 6.04 Å². The van der Waals surface area contributed by atoms with Crippen molar-refractivity contribution in [3.63, 3.8) is 0 Å². The number of aryl methyl sites for hydroxylation is 1. The largest absolute Gasteiger partial charge is 0.355 e. The van der Waals surface area contributed by atoms with Crippen LogP contribution in [-0.4, -0.2) is 69.8 Å². The number of nitrogens with zero attached hydrogens (tertiary/aromatic N) is 1. The molecule has 0 aliphatic carbocycles. The third-order valence-electron chi connectivity index (χ3n) is 4.62. The lowest BCUT2D eigenvalue weighted by Gasteiger charge is -2.31. The number of benzene rings is 1. The van der Waals surface area contributed by atoms with Gasteiger partial charge in [0.05, 0.1) is 31.1 Å². The van der Waals surface area contributed by atoms with Crippen molar-refractivity contribution in [2.24, 2.45) is 0 Å². The SMILES string of the molecule is CCNC(=O)[C@@H](C)NC(=O)C[NH+]1CCN(S(=O)(=O)c2ccc(C)cc2)CC1. The van der Waals surface area contributed by atoms with Crippen LogP contribution in [0.2, 0.25) is 0 Å². The lowest BCUT2D eigenvalue weighted by molar-refractivity contribution is -0.895. The van der Waals surface area contributed by atoms with Crippen molar-refractivity contribution in [1.82, 2.24) is 14.9 Å². The molecule has 9 heteroatoms. The third-order valence-corrected chi connectivity index (χ3v) is 6.53. The minimum Gasteiger partial charge on any atom is -0.355 e. The second-order valence-electron chi connectivity index (χ2n) is 6.83. The van der Waals surface area contributed by atoms with Gasteiger partial charge in [0.15, 0.2) is 6.54 Å². The van der Waals surface area contributed by atoms with Crippen molar-refractivity contribution in [1.29, 1.82) is 0 Å². The Balaban J connectivity index is 1.85. The fourth-order valence-corrected chi connectivity index (χ4v) is 4.43. The van der Waals surface area contributed by atoms with Crippen LogP contribution in [-0.2, 0) is 19.6 Å². The maximum Gasteiger partial charge on any atom is 0.275 e. The molecule has 2 amide bonds. The average Bonchev–Trinajstić information content (AvgIpc) is 2.62. The Labute approximate surface area is 161 Å². The van der Waals surface area contributed by atoms with Crippen LogP contribution in [0, 0.1) is 6.92 Å². The number of likely N-dealkylation sites (N-methyl/N-ethyl adjacent to an activating group) is 1. The van der Waals surface area contributed by atoms with Crippen LogP contribution in [0.15, 0.2) is 29.2 Å². The fourth-order valence-electron chi connectivity index (χ4n) is 2.99. The van der Waals surface area contributed by atoms with E-state index in [1.807, 2.05) is 13.8 Å². The van der Waals surface area contributed by atoms with E-state index >= 15 is 0 Å². The molecule has 1 fully saturated rings. The molecule has 1 heterocycles. The molecule has 1 aromatic rings. The number of quaternary nitrogens is 1. The van der Waals surface area contributed by atoms with Gasteiger partial charge in [0.25, 0.3) is 5.91 Å². The highest BCUT2D eigenvalue weighted by Gasteiger charge is 2.31. The summed E-state index contributed by atoms with van der Waals surface area (Å²) in [6.45, 7) is 7.95. The first-order valence-electron chi connectivity index (χ1n) is 9.21. The van der Waals surface area contributed by atoms with E-state index in [9.17, 15) is 18.0 Å². The van der Waals surface area contributed by atoms with Crippen molar-refractivity contribution in [3.8, 4) is 0 Å². The summed E-state index contributed by atoms with van der Waals surface area (Å²) in [5.74, 6) is -0.423. The Morgan fingerprint density at radius 1 is 1.19 bits per heavy atom. The summed E-state index contributed by atoms with van der Waals surface area (Å²) < 4.78 is 26.9. The number of hydrogen-bond acceptors (Lipinski definition) is 4. The molecule has 1 aromatic carbocycles. The Kier molecular flexibility index (Phi) is 7.34. The first kappa shape index (κ1) is 21.3. The van der Waals surface area contributed by atoms with Gasteiger partial charge < -0.3 is 15.5 Å². The molecule has 1 saturated heterocycles. The second-order valence-corrected chi connectivity index (χ2v) is 8.77. The Morgan fingerprint density at radius 3 is 2.33 bits per heavy atom. The van der Waals surface area contributed by atoms with Gasteiger partial charge in [-0.3, -0.25) is 9.59 Å². The quantitative estimate of drug-likeness (QED) is 0.523. The van der Waals surface area contributed by atoms with Crippen LogP contribution in [0.4, 0.5) is 0 Å². The van der Waals surface area contributed by atoms with E-state index in [2.05, 4.69) is 10.6 Å². The van der Waals surface area contributed by atoms with Gasteiger partial charge in [-0.1, -0.05) is 17.7 Å². The first-order valence-corrected chi connectivity index (χ1v) is 10.7. The topological polar surface area (TPSA) is 100 Å². The number of hydrogen-bond donors (Lipinski definition) is 3. The van der Waals surface area contributed by atoms with Crippen LogP contribution in [0.5, 0.6) is 0 Å². The molecule has 0 spiro atoms. The first-order chi connectivity index (χ1) is 12.7. The lowest BCUT2D eigenvalue weighted by Crippen LogP contribution is -3.15. The van der Waals surface area contributed by atoms with E-state index in [1.54, 1.807) is 31.2 Å². The normalized spacial score (nSPS) is 17.3. The van der Waals surface area contributed by atoms with Crippen molar-refractivity contribution in [2.75, 3.05) is 39.3 Å². The number of rotatable bonds is 7. The highest BCUT2D eigenvalue weighted by Crippen LogP contribution is 2.16. The number of amides is 2. The van der Waals surface area contributed by atoms with Crippen molar-refractivity contribution in [2.45, 2.75) is 31.7 Å². The maximum absolute atomic E-state index is 12.7. The predicted molar refractivity (Wildman–Crippen MR) is 102 cm³/mol. The Bertz CT molecular complexity index is 756. The smallest absolute Gasteiger partial charge is 0.275 e. The number of carbonyl (C=O) groups excluding carboxylic acids is 2. The number of carbonyl (C=O) groups is 2. The van der Waals surface area contributed by atoms with Gasteiger partial charge in [-0.25, -0.2) is 8.42 Å². The van der Waals surface area contributed by atoms with Crippen molar-refractivity contribution in [3.05, 3.63) is 29.8 Å². The monoisotopic (exact) mass is 397 g/mol. The fraction of sp³-hybridized carbons (Fsp3) is 0.556. The minimum absolute atomic E-state index is 0.210. The number of piperazine rings is 1. The molecule has 8 nitrogen and oxygen atoms in total. The third kappa shape index (κ3) is 5.75. The van der Waals surface area contributed by atoms with Gasteiger partial charge in [-0.05, 0) is 32.9 Å². The van der Waals surface area contributed by atoms with E-state index in [0.717, 1.165) is 10.5 Å². The van der Waals surface area contributed by atoms with Gasteiger partial charge in [0.2, 0.25) is 15.9 Å². The molecule has 2 rings (SSSR count). The summed E-state index contributed by atoms with van der Waals surface area (Å²) >= 11 is 0. The van der Waals surface area contributed by atoms with Gasteiger partial charge >= 0.3 is 0 Å². The molecular formula is C18H29N4O4S+. The molecule has 150 valence electrons. The molecule has 1 aliphatic heterocycles. The molecule has 0 bridgehead atoms. The van der Waals surface area contributed by atoms with Crippen molar-refractivity contribution < 1.29 is 22.9 Å². The van der Waals surface area contributed by atoms with Gasteiger partial charge in [-0.15, -0.1) is 0 Å². The highest BCUT2D eigenvalue weighted by molar-refractivity contribution is 7.89. The summed E-state index contributed by atoms with van der Waals surface area (Å²) in [6, 6.07) is 6.24. The summed E-state index contributed by atoms with van der Waals surface area (Å²) in [4.78, 5) is 25.1. The molecule has 3 N–H and O–H groups in total. The molecule has 0 radical (unpaired) electrons. The van der Waals surface area contributed by atoms with Gasteiger partial charge in [0, 0.05) is 6.54 Å². The number of sulfonamides is 1. The zero-order chi connectivity index (χ0) is 20.0. The maximum atomic E-state index is 12.7. The number of nitrogens with one attached hydrogen (secondary N) is 3. The van der Waals surface area contributed by atoms with Crippen molar-refractivity contribution >= 4 is 21.8 Å². The average molecular weight is 398 g/mol. The molecule has 0 aromatic heterocycles. The standard InChI is InChI=1S/C18H28N4O4S/c1-4-19-18(24)15(3)20-17(23)13-21-9-11-22(12-10-21)27(25,26)16-7-5-14(2)6-8-16/h5-8,15H,4,9-13H2,1-3H3,(H,19,24)(H,20,23)/p+1/t15-/m1/s1. The lowest BCUT2D eigenvalue weighted by atomic mass is 10.2. The summed E-state index contributed by atoms with van der Waals surface area (Å²) in [7, 11) is -3.50. The van der Waals surface area contributed by atoms with Crippen LogP contribution in [0.3, 0.4) is 0 Å². The van der Waals surface area contributed by atoms with Crippen LogP contribution in [0.1, 0.15) is 19.4 Å². The van der Waals surface area contributed by atoms with E-state index in [0.29, 0.717) is 37.6 Å². The highest BCUT2D eigenvalue weighted by atomic mass is 32.2. The zero-order valence-electron chi connectivity index (χ0n) is 16.1. The van der Waals surface area contributed by atoms with Crippen LogP contribution < -0.4 is 15.5 Å². The molecule has 0 unspecified atom stereocenters. The van der Waals surface area contributed by atoms with E-state index in [4.69, 9.17) is 0 Å². The Morgan fingerprint density at radius 2 is 1.78 bits per heavy atom. The molecule has 1 aliphatic rings.